The molecule has 1 fully saturated rings. The lowest BCUT2D eigenvalue weighted by Crippen LogP contribution is -2.50. The molecule has 1 aliphatic heterocycles. The quantitative estimate of drug-likeness (QED) is 0.522. The zero-order chi connectivity index (χ0) is 10.6. The third kappa shape index (κ3) is 2.88. The van der Waals surface area contributed by atoms with Gasteiger partial charge in [0.25, 0.3) is 0 Å². The van der Waals surface area contributed by atoms with Crippen LogP contribution >= 0.6 is 0 Å². The largest absolute Gasteiger partial charge is 0.352 e. The minimum atomic E-state index is -0.571. The number of nitrogens with zero attached hydrogens (tertiary/aromatic N) is 1. The van der Waals surface area contributed by atoms with E-state index in [0.717, 1.165) is 12.8 Å². The van der Waals surface area contributed by atoms with Gasteiger partial charge in [-0.25, -0.2) is 4.79 Å². The van der Waals surface area contributed by atoms with E-state index < -0.39 is 6.03 Å². The second-order valence-electron chi connectivity index (χ2n) is 3.37. The summed E-state index contributed by atoms with van der Waals surface area (Å²) in [6.45, 7) is 1.58. The van der Waals surface area contributed by atoms with E-state index >= 15 is 0 Å². The Morgan fingerprint density at radius 3 is 3.00 bits per heavy atom. The second kappa shape index (κ2) is 4.80. The van der Waals surface area contributed by atoms with E-state index in [9.17, 15) is 9.59 Å². The van der Waals surface area contributed by atoms with Gasteiger partial charge in [0, 0.05) is 19.6 Å². The van der Waals surface area contributed by atoms with Crippen LogP contribution in [0, 0.1) is 0 Å². The van der Waals surface area contributed by atoms with Gasteiger partial charge in [-0.1, -0.05) is 0 Å². The van der Waals surface area contributed by atoms with E-state index in [1.54, 1.807) is 4.90 Å². The number of primary amides is 1. The third-order valence-corrected chi connectivity index (χ3v) is 2.25. The van der Waals surface area contributed by atoms with Gasteiger partial charge in [0.15, 0.2) is 0 Å². The van der Waals surface area contributed by atoms with Gasteiger partial charge < -0.3 is 21.7 Å². The van der Waals surface area contributed by atoms with Gasteiger partial charge in [-0.15, -0.1) is 0 Å². The maximum absolute atomic E-state index is 11.5. The van der Waals surface area contributed by atoms with Gasteiger partial charge in [0.05, 0.1) is 6.04 Å². The molecular weight excluding hydrogens is 184 g/mol. The molecule has 5 N–H and O–H groups in total. The smallest absolute Gasteiger partial charge is 0.312 e. The Balaban J connectivity index is 2.29. The van der Waals surface area contributed by atoms with Crippen LogP contribution in [0.15, 0.2) is 0 Å². The number of carbonyl (C=O) groups excluding carboxylic acids is 2. The fourth-order valence-corrected chi connectivity index (χ4v) is 1.51. The van der Waals surface area contributed by atoms with Crippen LogP contribution in [0.1, 0.15) is 12.8 Å². The minimum Gasteiger partial charge on any atom is -0.352 e. The molecule has 6 heteroatoms. The minimum absolute atomic E-state index is 0.0393. The van der Waals surface area contributed by atoms with Crippen molar-refractivity contribution in [1.29, 1.82) is 0 Å². The number of carbonyl (C=O) groups is 2. The van der Waals surface area contributed by atoms with Crippen LogP contribution in [0.5, 0.6) is 0 Å². The molecule has 1 aliphatic rings. The lowest BCUT2D eigenvalue weighted by molar-refractivity contribution is -0.134. The fraction of sp³-hybridized carbons (Fsp3) is 0.750. The average molecular weight is 200 g/mol. The predicted octanol–water partition coefficient (Wildman–Crippen LogP) is -1.40. The number of nitrogens with one attached hydrogen (secondary N) is 1. The van der Waals surface area contributed by atoms with E-state index in [0.29, 0.717) is 19.6 Å². The Morgan fingerprint density at radius 2 is 2.36 bits per heavy atom. The number of likely N-dealkylation sites (tertiary alicyclic amines) is 1. The summed E-state index contributed by atoms with van der Waals surface area (Å²) < 4.78 is 0. The normalized spacial score (nSPS) is 22.2. The van der Waals surface area contributed by atoms with E-state index in [1.807, 2.05) is 0 Å². The van der Waals surface area contributed by atoms with Crippen molar-refractivity contribution in [3.8, 4) is 0 Å². The molecule has 0 saturated carbocycles. The summed E-state index contributed by atoms with van der Waals surface area (Å²) in [5, 5.41) is 2.43. The lowest BCUT2D eigenvalue weighted by Gasteiger charge is -2.30. The number of piperidine rings is 1. The van der Waals surface area contributed by atoms with Gasteiger partial charge >= 0.3 is 6.03 Å². The highest BCUT2D eigenvalue weighted by atomic mass is 16.2. The van der Waals surface area contributed by atoms with Crippen LogP contribution in [0.4, 0.5) is 4.79 Å². The molecule has 80 valence electrons. The molecule has 0 aromatic rings. The standard InChI is InChI=1S/C8H16N4O2/c9-6-2-1-4-12(7(6)13)5-3-11-8(10)14/h6H,1-5,9H2,(H3,10,11,14). The lowest BCUT2D eigenvalue weighted by atomic mass is 10.1. The van der Waals surface area contributed by atoms with Crippen molar-refractivity contribution in [2.45, 2.75) is 18.9 Å². The van der Waals surface area contributed by atoms with E-state index in [1.165, 1.54) is 0 Å². The molecule has 0 aliphatic carbocycles. The first-order valence-electron chi connectivity index (χ1n) is 4.69. The molecule has 0 aromatic carbocycles. The van der Waals surface area contributed by atoms with E-state index in [2.05, 4.69) is 5.32 Å². The van der Waals surface area contributed by atoms with Gasteiger partial charge in [0.2, 0.25) is 5.91 Å². The van der Waals surface area contributed by atoms with Crippen molar-refractivity contribution < 1.29 is 9.59 Å². The summed E-state index contributed by atoms with van der Waals surface area (Å²) in [7, 11) is 0. The van der Waals surface area contributed by atoms with Crippen LogP contribution < -0.4 is 16.8 Å². The number of urea groups is 1. The molecule has 1 heterocycles. The molecule has 0 radical (unpaired) electrons. The van der Waals surface area contributed by atoms with Crippen molar-refractivity contribution in [1.82, 2.24) is 10.2 Å². The molecule has 3 amide bonds. The zero-order valence-corrected chi connectivity index (χ0v) is 8.03. The molecule has 1 saturated heterocycles. The van der Waals surface area contributed by atoms with E-state index in [4.69, 9.17) is 11.5 Å². The molecule has 0 spiro atoms. The zero-order valence-electron chi connectivity index (χ0n) is 8.03. The molecule has 14 heavy (non-hydrogen) atoms. The average Bonchev–Trinajstić information content (AvgIpc) is 2.12. The predicted molar refractivity (Wildman–Crippen MR) is 51.4 cm³/mol. The Labute approximate surface area is 82.6 Å². The van der Waals surface area contributed by atoms with E-state index in [-0.39, 0.29) is 11.9 Å². The maximum Gasteiger partial charge on any atom is 0.312 e. The van der Waals surface area contributed by atoms with Gasteiger partial charge in [-0.3, -0.25) is 4.79 Å². The monoisotopic (exact) mass is 200 g/mol. The highest BCUT2D eigenvalue weighted by Crippen LogP contribution is 2.08. The Hall–Kier alpha value is -1.30. The van der Waals surface area contributed by atoms with Gasteiger partial charge in [0.1, 0.15) is 0 Å². The second-order valence-corrected chi connectivity index (χ2v) is 3.37. The molecular formula is C8H16N4O2. The van der Waals surface area contributed by atoms with Crippen LogP contribution in [0.25, 0.3) is 0 Å². The Bertz CT molecular complexity index is 231. The molecule has 1 atom stereocenters. The highest BCUT2D eigenvalue weighted by molar-refractivity contribution is 5.82. The van der Waals surface area contributed by atoms with Crippen LogP contribution in [0.3, 0.4) is 0 Å². The highest BCUT2D eigenvalue weighted by Gasteiger charge is 2.24. The van der Waals surface area contributed by atoms with Crippen molar-refractivity contribution in [3.63, 3.8) is 0 Å². The third-order valence-electron chi connectivity index (χ3n) is 2.25. The fourth-order valence-electron chi connectivity index (χ4n) is 1.51. The number of hydrogen-bond acceptors (Lipinski definition) is 3. The first-order chi connectivity index (χ1) is 6.61. The van der Waals surface area contributed by atoms with Crippen LogP contribution in [-0.4, -0.2) is 42.5 Å². The van der Waals surface area contributed by atoms with Gasteiger partial charge in [-0.2, -0.15) is 0 Å². The topological polar surface area (TPSA) is 101 Å². The Kier molecular flexibility index (Phi) is 3.70. The van der Waals surface area contributed by atoms with Crippen molar-refractivity contribution in [2.24, 2.45) is 11.5 Å². The molecule has 1 unspecified atom stereocenters. The number of nitrogens with two attached hydrogens (primary N) is 2. The molecule has 6 nitrogen and oxygen atoms in total. The summed E-state index contributed by atoms with van der Waals surface area (Å²) in [5.74, 6) is -0.0393. The van der Waals surface area contributed by atoms with Crippen molar-refractivity contribution in [2.75, 3.05) is 19.6 Å². The molecule has 1 rings (SSSR count). The van der Waals surface area contributed by atoms with Crippen LogP contribution in [0.2, 0.25) is 0 Å². The first kappa shape index (κ1) is 10.8. The summed E-state index contributed by atoms with van der Waals surface area (Å²) >= 11 is 0. The number of amides is 3. The molecule has 0 aromatic heterocycles. The summed E-state index contributed by atoms with van der Waals surface area (Å²) in [4.78, 5) is 23.5. The van der Waals surface area contributed by atoms with Crippen molar-refractivity contribution in [3.05, 3.63) is 0 Å². The Morgan fingerprint density at radius 1 is 1.64 bits per heavy atom. The number of hydrogen-bond donors (Lipinski definition) is 3. The SMILES string of the molecule is NC(=O)NCCN1CCCC(N)C1=O. The maximum atomic E-state index is 11.5. The summed E-state index contributed by atoms with van der Waals surface area (Å²) in [6, 6.07) is -0.948. The number of rotatable bonds is 3. The van der Waals surface area contributed by atoms with Gasteiger partial charge in [-0.05, 0) is 12.8 Å². The first-order valence-corrected chi connectivity index (χ1v) is 4.69. The van der Waals surface area contributed by atoms with Crippen molar-refractivity contribution >= 4 is 11.9 Å². The summed E-state index contributed by atoms with van der Waals surface area (Å²) in [5.41, 5.74) is 10.5. The molecule has 0 bridgehead atoms. The summed E-state index contributed by atoms with van der Waals surface area (Å²) in [6.07, 6.45) is 1.67. The van der Waals surface area contributed by atoms with Crippen LogP contribution in [-0.2, 0) is 4.79 Å².